The fourth-order valence-electron chi connectivity index (χ4n) is 3.13. The molecule has 124 valence electrons. The van der Waals surface area contributed by atoms with Gasteiger partial charge in [0.2, 0.25) is 0 Å². The molecule has 0 saturated carbocycles. The molecule has 2 aromatic rings. The first kappa shape index (κ1) is 16.2. The fraction of sp³-hybridized carbons (Fsp3) is 0.263. The Labute approximate surface area is 140 Å². The molecule has 0 saturated heterocycles. The summed E-state index contributed by atoms with van der Waals surface area (Å²) in [6, 6.07) is 15.9. The predicted octanol–water partition coefficient (Wildman–Crippen LogP) is 2.41. The third kappa shape index (κ3) is 3.03. The summed E-state index contributed by atoms with van der Waals surface area (Å²) in [6.07, 6.45) is -0.499. The summed E-state index contributed by atoms with van der Waals surface area (Å²) < 4.78 is 5.38. The van der Waals surface area contributed by atoms with E-state index in [0.29, 0.717) is 12.0 Å². The summed E-state index contributed by atoms with van der Waals surface area (Å²) >= 11 is 0. The number of carboxylic acid groups (broad SMARTS) is 1. The lowest BCUT2D eigenvalue weighted by molar-refractivity contribution is -0.156. The molecular formula is C19H19NO4. The van der Waals surface area contributed by atoms with Crippen LogP contribution in [0, 0.1) is 0 Å². The van der Waals surface area contributed by atoms with Crippen molar-refractivity contribution < 1.29 is 19.4 Å². The number of hydrogen-bond donors (Lipinski definition) is 1. The highest BCUT2D eigenvalue weighted by atomic mass is 16.5. The maximum atomic E-state index is 13.0. The van der Waals surface area contributed by atoms with E-state index in [9.17, 15) is 14.7 Å². The van der Waals surface area contributed by atoms with Gasteiger partial charge in [-0.3, -0.25) is 4.79 Å². The molecule has 1 aliphatic rings. The lowest BCUT2D eigenvalue weighted by atomic mass is 9.93. The molecule has 5 heteroatoms. The van der Waals surface area contributed by atoms with E-state index in [2.05, 4.69) is 0 Å². The second kappa shape index (κ2) is 6.84. The first-order valence-corrected chi connectivity index (χ1v) is 7.79. The van der Waals surface area contributed by atoms with Crippen molar-refractivity contribution in [3.8, 4) is 0 Å². The normalized spacial score (nSPS) is 17.9. The first-order chi connectivity index (χ1) is 11.6. The number of ether oxygens (including phenoxy) is 1. The minimum atomic E-state index is -0.999. The van der Waals surface area contributed by atoms with Gasteiger partial charge in [-0.25, -0.2) is 4.79 Å². The molecule has 0 aromatic heterocycles. The van der Waals surface area contributed by atoms with Crippen LogP contribution in [-0.4, -0.2) is 35.0 Å². The van der Waals surface area contributed by atoms with E-state index in [0.717, 1.165) is 11.1 Å². The highest BCUT2D eigenvalue weighted by molar-refractivity contribution is 5.88. The van der Waals surface area contributed by atoms with E-state index in [1.54, 1.807) is 12.1 Å². The quantitative estimate of drug-likeness (QED) is 0.937. The van der Waals surface area contributed by atoms with Crippen LogP contribution < -0.4 is 0 Å². The number of aliphatic carboxylic acids is 1. The average Bonchev–Trinajstić information content (AvgIpc) is 2.62. The number of fused-ring (bicyclic) bond motifs is 1. The van der Waals surface area contributed by atoms with Crippen molar-refractivity contribution >= 4 is 11.9 Å². The zero-order valence-electron chi connectivity index (χ0n) is 13.4. The molecule has 5 nitrogen and oxygen atoms in total. The second-order valence-corrected chi connectivity index (χ2v) is 5.82. The molecule has 24 heavy (non-hydrogen) atoms. The smallest absolute Gasteiger partial charge is 0.326 e. The van der Waals surface area contributed by atoms with E-state index in [4.69, 9.17) is 4.74 Å². The zero-order chi connectivity index (χ0) is 17.1. The molecule has 1 aliphatic heterocycles. The van der Waals surface area contributed by atoms with Crippen LogP contribution in [0.3, 0.4) is 0 Å². The number of nitrogens with zero attached hydrogens (tertiary/aromatic N) is 1. The number of amides is 1. The Kier molecular flexibility index (Phi) is 4.62. The molecule has 0 fully saturated rings. The van der Waals surface area contributed by atoms with E-state index in [1.807, 2.05) is 42.5 Å². The highest BCUT2D eigenvalue weighted by Gasteiger charge is 2.37. The first-order valence-electron chi connectivity index (χ1n) is 7.79. The van der Waals surface area contributed by atoms with Crippen molar-refractivity contribution in [2.75, 3.05) is 7.11 Å². The molecule has 0 spiro atoms. The van der Waals surface area contributed by atoms with Crippen molar-refractivity contribution in [2.45, 2.75) is 25.1 Å². The van der Waals surface area contributed by atoms with Gasteiger partial charge >= 0.3 is 5.97 Å². The van der Waals surface area contributed by atoms with Crippen molar-refractivity contribution in [2.24, 2.45) is 0 Å². The number of carbonyl (C=O) groups excluding carboxylic acids is 1. The molecule has 1 unspecified atom stereocenters. The SMILES string of the molecule is CO[C@@H](C(=O)N1Cc2ccccc2CC1C(=O)O)c1ccccc1. The second-order valence-electron chi connectivity index (χ2n) is 5.82. The van der Waals surface area contributed by atoms with Crippen LogP contribution in [0.1, 0.15) is 22.8 Å². The Balaban J connectivity index is 1.93. The van der Waals surface area contributed by atoms with Crippen molar-refractivity contribution in [1.82, 2.24) is 4.90 Å². The topological polar surface area (TPSA) is 66.8 Å². The number of benzene rings is 2. The maximum absolute atomic E-state index is 13.0. The molecule has 0 bridgehead atoms. The molecule has 2 aromatic carbocycles. The summed E-state index contributed by atoms with van der Waals surface area (Å²) in [5.74, 6) is -1.33. The third-order valence-corrected chi connectivity index (χ3v) is 4.38. The fourth-order valence-corrected chi connectivity index (χ4v) is 3.13. The van der Waals surface area contributed by atoms with Crippen LogP contribution in [0.4, 0.5) is 0 Å². The zero-order valence-corrected chi connectivity index (χ0v) is 13.4. The Morgan fingerprint density at radius 3 is 2.33 bits per heavy atom. The Morgan fingerprint density at radius 1 is 1.08 bits per heavy atom. The molecule has 1 amide bonds. The largest absolute Gasteiger partial charge is 0.480 e. The van der Waals surface area contributed by atoms with Crippen LogP contribution in [0.2, 0.25) is 0 Å². The molecule has 1 N–H and O–H groups in total. The molecule has 2 atom stereocenters. The van der Waals surface area contributed by atoms with E-state index in [1.165, 1.54) is 12.0 Å². The van der Waals surface area contributed by atoms with Crippen molar-refractivity contribution in [3.05, 3.63) is 71.3 Å². The van der Waals surface area contributed by atoms with Gasteiger partial charge in [0.15, 0.2) is 6.10 Å². The minimum Gasteiger partial charge on any atom is -0.480 e. The van der Waals surface area contributed by atoms with Gasteiger partial charge < -0.3 is 14.7 Å². The molecular weight excluding hydrogens is 306 g/mol. The Hall–Kier alpha value is -2.66. The number of carbonyl (C=O) groups is 2. The number of rotatable bonds is 4. The standard InChI is InChI=1S/C19H19NO4/c1-24-17(13-7-3-2-4-8-13)18(21)20-12-15-10-6-5-9-14(15)11-16(20)19(22)23/h2-10,16-17H,11-12H2,1H3,(H,22,23)/t16?,17-/m1/s1. The van der Waals surface area contributed by atoms with Gasteiger partial charge in [0, 0.05) is 20.1 Å². The Morgan fingerprint density at radius 2 is 1.71 bits per heavy atom. The van der Waals surface area contributed by atoms with E-state index in [-0.39, 0.29) is 12.5 Å². The maximum Gasteiger partial charge on any atom is 0.326 e. The van der Waals surface area contributed by atoms with Gasteiger partial charge in [0.05, 0.1) is 0 Å². The summed E-state index contributed by atoms with van der Waals surface area (Å²) in [4.78, 5) is 26.1. The van der Waals surface area contributed by atoms with Gasteiger partial charge in [0.1, 0.15) is 6.04 Å². The van der Waals surface area contributed by atoms with Crippen LogP contribution in [0.5, 0.6) is 0 Å². The van der Waals surface area contributed by atoms with Gasteiger partial charge in [0.25, 0.3) is 5.91 Å². The van der Waals surface area contributed by atoms with Gasteiger partial charge in [-0.15, -0.1) is 0 Å². The Bertz CT molecular complexity index is 744. The van der Waals surface area contributed by atoms with Crippen LogP contribution in [0.15, 0.2) is 54.6 Å². The van der Waals surface area contributed by atoms with Gasteiger partial charge in [-0.1, -0.05) is 54.6 Å². The number of carboxylic acids is 1. The summed E-state index contributed by atoms with van der Waals surface area (Å²) in [7, 11) is 1.46. The predicted molar refractivity (Wildman–Crippen MR) is 88.3 cm³/mol. The van der Waals surface area contributed by atoms with Crippen LogP contribution in [0.25, 0.3) is 0 Å². The summed E-state index contributed by atoms with van der Waals surface area (Å²) in [6.45, 7) is 0.276. The number of hydrogen-bond acceptors (Lipinski definition) is 3. The van der Waals surface area contributed by atoms with Crippen molar-refractivity contribution in [3.63, 3.8) is 0 Å². The van der Waals surface area contributed by atoms with Crippen LogP contribution in [-0.2, 0) is 27.3 Å². The lowest BCUT2D eigenvalue weighted by Gasteiger charge is -2.36. The average molecular weight is 325 g/mol. The number of methoxy groups -OCH3 is 1. The molecule has 3 rings (SSSR count). The lowest BCUT2D eigenvalue weighted by Crippen LogP contribution is -2.50. The van der Waals surface area contributed by atoms with Gasteiger partial charge in [-0.05, 0) is 16.7 Å². The summed E-state index contributed by atoms with van der Waals surface area (Å²) in [5, 5.41) is 9.57. The summed E-state index contributed by atoms with van der Waals surface area (Å²) in [5.41, 5.74) is 2.67. The van der Waals surface area contributed by atoms with Gasteiger partial charge in [-0.2, -0.15) is 0 Å². The molecule has 1 heterocycles. The monoisotopic (exact) mass is 325 g/mol. The molecule has 0 aliphatic carbocycles. The van der Waals surface area contributed by atoms with E-state index >= 15 is 0 Å². The minimum absolute atomic E-state index is 0.276. The highest BCUT2D eigenvalue weighted by Crippen LogP contribution is 2.28. The van der Waals surface area contributed by atoms with Crippen molar-refractivity contribution in [1.29, 1.82) is 0 Å². The molecule has 0 radical (unpaired) electrons. The van der Waals surface area contributed by atoms with E-state index < -0.39 is 18.1 Å². The van der Waals surface area contributed by atoms with Crippen LogP contribution >= 0.6 is 0 Å². The third-order valence-electron chi connectivity index (χ3n) is 4.38.